The van der Waals surface area contributed by atoms with Crippen LogP contribution in [0.1, 0.15) is 16.8 Å². The van der Waals surface area contributed by atoms with Gasteiger partial charge in [-0.2, -0.15) is 0 Å². The molecule has 1 saturated heterocycles. The van der Waals surface area contributed by atoms with Crippen LogP contribution in [0.2, 0.25) is 0 Å². The van der Waals surface area contributed by atoms with Gasteiger partial charge in [-0.1, -0.05) is 24.3 Å². The summed E-state index contributed by atoms with van der Waals surface area (Å²) in [6, 6.07) is 11.9. The number of ether oxygens (including phenoxy) is 2. The van der Waals surface area contributed by atoms with Crippen molar-refractivity contribution in [3.63, 3.8) is 0 Å². The minimum atomic E-state index is -0.423. The van der Waals surface area contributed by atoms with Crippen molar-refractivity contribution in [2.24, 2.45) is 35.5 Å². The molecule has 7 rings (SSSR count). The van der Waals surface area contributed by atoms with Gasteiger partial charge in [0.1, 0.15) is 11.5 Å². The van der Waals surface area contributed by atoms with Gasteiger partial charge in [0.15, 0.2) is 0 Å². The van der Waals surface area contributed by atoms with Gasteiger partial charge in [-0.25, -0.2) is 4.90 Å². The zero-order valence-electron chi connectivity index (χ0n) is 18.4. The van der Waals surface area contributed by atoms with Crippen molar-refractivity contribution in [2.45, 2.75) is 6.42 Å². The molecular weight excluding hydrogens is 420 g/mol. The van der Waals surface area contributed by atoms with Crippen molar-refractivity contribution in [3.05, 3.63) is 60.2 Å². The molecule has 1 N–H and O–H groups in total. The first-order chi connectivity index (χ1) is 16.0. The molecule has 2 aromatic carbocycles. The molecule has 2 aromatic rings. The number of amides is 3. The maximum absolute atomic E-state index is 13.5. The molecule has 5 aliphatic rings. The highest BCUT2D eigenvalue weighted by Crippen LogP contribution is 2.65. The van der Waals surface area contributed by atoms with Crippen molar-refractivity contribution in [3.8, 4) is 11.5 Å². The van der Waals surface area contributed by atoms with Gasteiger partial charge in [0.05, 0.1) is 43.0 Å². The van der Waals surface area contributed by atoms with Crippen LogP contribution in [0.5, 0.6) is 11.5 Å². The lowest BCUT2D eigenvalue weighted by Gasteiger charge is -2.37. The minimum absolute atomic E-state index is 0.135. The summed E-state index contributed by atoms with van der Waals surface area (Å²) < 4.78 is 10.6. The van der Waals surface area contributed by atoms with E-state index in [2.05, 4.69) is 17.5 Å². The second-order valence-corrected chi connectivity index (χ2v) is 9.20. The molecule has 7 nitrogen and oxygen atoms in total. The number of nitrogens with zero attached hydrogens (tertiary/aromatic N) is 1. The maximum Gasteiger partial charge on any atom is 0.257 e. The first-order valence-corrected chi connectivity index (χ1v) is 11.2. The van der Waals surface area contributed by atoms with E-state index in [0.717, 1.165) is 6.42 Å². The molecule has 3 fully saturated rings. The zero-order chi connectivity index (χ0) is 22.9. The van der Waals surface area contributed by atoms with Gasteiger partial charge >= 0.3 is 0 Å². The van der Waals surface area contributed by atoms with E-state index in [0.29, 0.717) is 34.7 Å². The SMILES string of the molecule is COc1ccc(NC(=O)c2ccccc2N2C(=O)[C@H]3[C@@H]4C=C[C@H]([C@H]5C[C@H]45)[C@@H]3C2=O)c(OC)c1. The van der Waals surface area contributed by atoms with Gasteiger partial charge in [0, 0.05) is 6.07 Å². The summed E-state index contributed by atoms with van der Waals surface area (Å²) in [6.07, 6.45) is 5.39. The highest BCUT2D eigenvalue weighted by molar-refractivity contribution is 6.25. The van der Waals surface area contributed by atoms with Gasteiger partial charge in [0.25, 0.3) is 5.91 Å². The third kappa shape index (κ3) is 2.84. The molecule has 33 heavy (non-hydrogen) atoms. The first kappa shape index (κ1) is 20.0. The van der Waals surface area contributed by atoms with Crippen LogP contribution < -0.4 is 19.7 Å². The zero-order valence-corrected chi connectivity index (χ0v) is 18.4. The number of benzene rings is 2. The predicted molar refractivity (Wildman–Crippen MR) is 121 cm³/mol. The maximum atomic E-state index is 13.5. The van der Waals surface area contributed by atoms with Crippen LogP contribution in [0.25, 0.3) is 0 Å². The topological polar surface area (TPSA) is 84.9 Å². The molecule has 3 amide bonds. The molecule has 2 bridgehead atoms. The summed E-state index contributed by atoms with van der Waals surface area (Å²) in [7, 11) is 3.06. The van der Waals surface area contributed by atoms with E-state index < -0.39 is 5.91 Å². The third-order valence-corrected chi connectivity index (χ3v) is 7.71. The Morgan fingerprint density at radius 1 is 0.939 bits per heavy atom. The highest BCUT2D eigenvalue weighted by atomic mass is 16.5. The van der Waals surface area contributed by atoms with E-state index in [9.17, 15) is 14.4 Å². The van der Waals surface area contributed by atoms with E-state index in [-0.39, 0.29) is 41.0 Å². The normalized spacial score (nSPS) is 30.7. The van der Waals surface area contributed by atoms with Crippen LogP contribution in [0.4, 0.5) is 11.4 Å². The summed E-state index contributed by atoms with van der Waals surface area (Å²) in [6.45, 7) is 0. The monoisotopic (exact) mass is 444 g/mol. The number of carbonyl (C=O) groups is 3. The lowest BCUT2D eigenvalue weighted by molar-refractivity contribution is -0.124. The van der Waals surface area contributed by atoms with E-state index in [4.69, 9.17) is 9.47 Å². The number of imide groups is 1. The average Bonchev–Trinajstić information content (AvgIpc) is 3.62. The molecule has 0 radical (unpaired) electrons. The number of hydrogen-bond donors (Lipinski definition) is 1. The summed E-state index contributed by atoms with van der Waals surface area (Å²) in [5.74, 6) is 0.958. The number of allylic oxidation sites excluding steroid dienone is 2. The van der Waals surface area contributed by atoms with E-state index in [1.54, 1.807) is 49.6 Å². The fraction of sp³-hybridized carbons (Fsp3) is 0.346. The van der Waals surface area contributed by atoms with E-state index in [1.807, 2.05) is 0 Å². The molecule has 168 valence electrons. The van der Waals surface area contributed by atoms with Gasteiger partial charge in [-0.05, 0) is 54.4 Å². The Labute approximate surface area is 191 Å². The Morgan fingerprint density at radius 2 is 1.61 bits per heavy atom. The minimum Gasteiger partial charge on any atom is -0.497 e. The first-order valence-electron chi connectivity index (χ1n) is 11.2. The lowest BCUT2D eigenvalue weighted by Crippen LogP contribution is -2.40. The quantitative estimate of drug-likeness (QED) is 0.564. The molecular formula is C26H24N2O5. The third-order valence-electron chi connectivity index (χ3n) is 7.71. The summed E-state index contributed by atoms with van der Waals surface area (Å²) in [5.41, 5.74) is 1.06. The van der Waals surface area contributed by atoms with Gasteiger partial charge in [-0.3, -0.25) is 14.4 Å². The summed E-state index contributed by atoms with van der Waals surface area (Å²) in [5, 5.41) is 2.85. The van der Waals surface area contributed by atoms with Crippen molar-refractivity contribution < 1.29 is 23.9 Å². The smallest absolute Gasteiger partial charge is 0.257 e. The highest BCUT2D eigenvalue weighted by Gasteiger charge is 2.67. The second-order valence-electron chi connectivity index (χ2n) is 9.20. The number of anilines is 2. The number of carbonyl (C=O) groups excluding carboxylic acids is 3. The van der Waals surface area contributed by atoms with Crippen LogP contribution in [0.15, 0.2) is 54.6 Å². The van der Waals surface area contributed by atoms with E-state index in [1.165, 1.54) is 12.0 Å². The number of rotatable bonds is 5. The van der Waals surface area contributed by atoms with Crippen LogP contribution in [0, 0.1) is 35.5 Å². The Morgan fingerprint density at radius 3 is 2.24 bits per heavy atom. The molecule has 1 heterocycles. The molecule has 7 heteroatoms. The van der Waals surface area contributed by atoms with Crippen LogP contribution in [0.3, 0.4) is 0 Å². The largest absolute Gasteiger partial charge is 0.497 e. The molecule has 0 spiro atoms. The molecule has 0 aromatic heterocycles. The molecule has 2 saturated carbocycles. The Bertz CT molecular complexity index is 1180. The lowest BCUT2D eigenvalue weighted by atomic mass is 9.63. The molecule has 4 aliphatic carbocycles. The Hall–Kier alpha value is -3.61. The molecule has 1 aliphatic heterocycles. The summed E-state index contributed by atoms with van der Waals surface area (Å²) >= 11 is 0. The Balaban J connectivity index is 1.32. The fourth-order valence-corrected chi connectivity index (χ4v) is 6.15. The van der Waals surface area contributed by atoms with E-state index >= 15 is 0 Å². The van der Waals surface area contributed by atoms with Gasteiger partial charge in [0.2, 0.25) is 11.8 Å². The van der Waals surface area contributed by atoms with Crippen LogP contribution in [-0.4, -0.2) is 31.9 Å². The van der Waals surface area contributed by atoms with Crippen molar-refractivity contribution in [1.82, 2.24) is 0 Å². The van der Waals surface area contributed by atoms with Gasteiger partial charge in [-0.15, -0.1) is 0 Å². The average molecular weight is 444 g/mol. The van der Waals surface area contributed by atoms with Crippen molar-refractivity contribution in [1.29, 1.82) is 0 Å². The van der Waals surface area contributed by atoms with Crippen molar-refractivity contribution in [2.75, 3.05) is 24.4 Å². The van der Waals surface area contributed by atoms with Crippen molar-refractivity contribution >= 4 is 29.1 Å². The van der Waals surface area contributed by atoms with Crippen LogP contribution in [-0.2, 0) is 9.59 Å². The second kappa shape index (κ2) is 7.20. The number of para-hydroxylation sites is 1. The standard InChI is InChI=1S/C26H24N2O5/c1-32-13-7-10-19(21(11-13)33-2)27-24(29)16-5-3-4-6-20(16)28-25(30)22-14-8-9-15(18-12-17(14)18)23(22)26(28)31/h3-11,14-15,17-18,22-23H,12H2,1-2H3,(H,27,29)/t14-,15-,17-,18-,22+,23+/m1/s1. The van der Waals surface area contributed by atoms with Gasteiger partial charge < -0.3 is 14.8 Å². The van der Waals surface area contributed by atoms with Crippen LogP contribution >= 0.6 is 0 Å². The summed E-state index contributed by atoms with van der Waals surface area (Å²) in [4.78, 5) is 41.6. The number of hydrogen-bond acceptors (Lipinski definition) is 5. The molecule has 6 atom stereocenters. The predicted octanol–water partition coefficient (Wildman–Crippen LogP) is 3.51. The Kier molecular flexibility index (Phi) is 4.37. The molecule has 0 unspecified atom stereocenters. The number of methoxy groups -OCH3 is 2. The number of nitrogens with one attached hydrogen (secondary N) is 1. The fourth-order valence-electron chi connectivity index (χ4n) is 6.15.